The zero-order valence-electron chi connectivity index (χ0n) is 7.57. The van der Waals surface area contributed by atoms with E-state index < -0.39 is 0 Å². The van der Waals surface area contributed by atoms with E-state index in [1.54, 1.807) is 11.3 Å². The predicted octanol–water partition coefficient (Wildman–Crippen LogP) is 0.848. The summed E-state index contributed by atoms with van der Waals surface area (Å²) < 4.78 is 0. The largest absolute Gasteiger partial charge is 0.370 e. The zero-order chi connectivity index (χ0) is 10.1. The number of nitrogens with one attached hydrogen (secondary N) is 2. The topological polar surface area (TPSA) is 62.4 Å². The molecule has 2 rings (SSSR count). The Morgan fingerprint density at radius 2 is 2.43 bits per heavy atom. The fourth-order valence-corrected chi connectivity index (χ4v) is 2.40. The van der Waals surface area contributed by atoms with Gasteiger partial charge in [0.05, 0.1) is 4.88 Å². The molecule has 4 N–H and O–H groups in total. The SMILES string of the molecule is Cc1ccsc1C1N=C(N)NC(=S)N1. The standard InChI is InChI=1S/C8H10N4S2/c1-4-2-3-14-5(4)6-10-7(9)12-8(13)11-6/h2-3,6H,1H3,(H4,9,10,11,12,13). The molecule has 1 aromatic rings. The van der Waals surface area contributed by atoms with Crippen LogP contribution in [0.2, 0.25) is 0 Å². The molecule has 0 saturated heterocycles. The second-order valence-electron chi connectivity index (χ2n) is 2.98. The van der Waals surface area contributed by atoms with E-state index in [-0.39, 0.29) is 6.17 Å². The first-order valence-corrected chi connectivity index (χ1v) is 5.40. The minimum atomic E-state index is -0.135. The highest BCUT2D eigenvalue weighted by atomic mass is 32.1. The monoisotopic (exact) mass is 226 g/mol. The molecule has 0 aromatic carbocycles. The highest BCUT2D eigenvalue weighted by Crippen LogP contribution is 2.25. The van der Waals surface area contributed by atoms with Gasteiger partial charge < -0.3 is 16.4 Å². The average molecular weight is 226 g/mol. The summed E-state index contributed by atoms with van der Waals surface area (Å²) in [6.45, 7) is 2.05. The molecule has 0 radical (unpaired) electrons. The summed E-state index contributed by atoms with van der Waals surface area (Å²) in [6, 6.07) is 2.05. The lowest BCUT2D eigenvalue weighted by atomic mass is 10.2. The summed E-state index contributed by atoms with van der Waals surface area (Å²) in [5.41, 5.74) is 6.79. The van der Waals surface area contributed by atoms with Crippen LogP contribution in [0, 0.1) is 6.92 Å². The van der Waals surface area contributed by atoms with Gasteiger partial charge in [-0.05, 0) is 36.2 Å². The van der Waals surface area contributed by atoms with Crippen molar-refractivity contribution < 1.29 is 0 Å². The lowest BCUT2D eigenvalue weighted by Crippen LogP contribution is -2.49. The van der Waals surface area contributed by atoms with Gasteiger partial charge in [0, 0.05) is 0 Å². The van der Waals surface area contributed by atoms with Crippen LogP contribution in [-0.2, 0) is 0 Å². The maximum Gasteiger partial charge on any atom is 0.197 e. The normalized spacial score (nSPS) is 21.1. The number of guanidine groups is 1. The maximum atomic E-state index is 5.59. The van der Waals surface area contributed by atoms with Gasteiger partial charge in [0.15, 0.2) is 17.2 Å². The number of aliphatic imine (C=N–C) groups is 1. The van der Waals surface area contributed by atoms with E-state index >= 15 is 0 Å². The number of aryl methyl sites for hydroxylation is 1. The molecule has 0 bridgehead atoms. The molecule has 0 amide bonds. The number of thiocarbonyl (C=S) groups is 1. The second-order valence-corrected chi connectivity index (χ2v) is 4.34. The summed E-state index contributed by atoms with van der Waals surface area (Å²) in [4.78, 5) is 5.38. The molecular formula is C8H10N4S2. The molecule has 0 spiro atoms. The molecule has 0 fully saturated rings. The summed E-state index contributed by atoms with van der Waals surface area (Å²) in [5, 5.41) is 8.35. The van der Waals surface area contributed by atoms with Crippen LogP contribution in [0.4, 0.5) is 0 Å². The third kappa shape index (κ3) is 1.71. The molecular weight excluding hydrogens is 216 g/mol. The number of nitrogens with zero attached hydrogens (tertiary/aromatic N) is 1. The van der Waals surface area contributed by atoms with Gasteiger partial charge in [-0.2, -0.15) is 0 Å². The van der Waals surface area contributed by atoms with Gasteiger partial charge in [-0.3, -0.25) is 0 Å². The summed E-state index contributed by atoms with van der Waals surface area (Å²) >= 11 is 6.65. The third-order valence-corrected chi connectivity index (χ3v) is 3.22. The Balaban J connectivity index is 2.32. The van der Waals surface area contributed by atoms with E-state index in [0.29, 0.717) is 11.1 Å². The lowest BCUT2D eigenvalue weighted by Gasteiger charge is -2.22. The first kappa shape index (κ1) is 9.42. The van der Waals surface area contributed by atoms with Crippen molar-refractivity contribution in [2.24, 2.45) is 10.7 Å². The van der Waals surface area contributed by atoms with Crippen molar-refractivity contribution in [2.75, 3.05) is 0 Å². The maximum absolute atomic E-state index is 5.59. The first-order valence-electron chi connectivity index (χ1n) is 4.11. The van der Waals surface area contributed by atoms with Gasteiger partial charge in [-0.1, -0.05) is 0 Å². The average Bonchev–Trinajstić information content (AvgIpc) is 2.49. The highest BCUT2D eigenvalue weighted by molar-refractivity contribution is 7.80. The predicted molar refractivity (Wildman–Crippen MR) is 62.3 cm³/mol. The van der Waals surface area contributed by atoms with E-state index in [2.05, 4.69) is 21.7 Å². The smallest absolute Gasteiger partial charge is 0.197 e. The quantitative estimate of drug-likeness (QED) is 0.621. The van der Waals surface area contributed by atoms with Crippen molar-refractivity contribution in [3.63, 3.8) is 0 Å². The molecule has 0 saturated carbocycles. The number of rotatable bonds is 1. The zero-order valence-corrected chi connectivity index (χ0v) is 9.21. The lowest BCUT2D eigenvalue weighted by molar-refractivity contribution is 0.669. The molecule has 1 aromatic heterocycles. The van der Waals surface area contributed by atoms with Gasteiger partial charge in [-0.25, -0.2) is 4.99 Å². The van der Waals surface area contributed by atoms with Crippen LogP contribution in [0.5, 0.6) is 0 Å². The van der Waals surface area contributed by atoms with E-state index in [9.17, 15) is 0 Å². The fraction of sp³-hybridized carbons (Fsp3) is 0.250. The van der Waals surface area contributed by atoms with Crippen molar-refractivity contribution in [1.29, 1.82) is 0 Å². The molecule has 1 unspecified atom stereocenters. The molecule has 1 aliphatic heterocycles. The van der Waals surface area contributed by atoms with E-state index in [1.165, 1.54) is 5.56 Å². The van der Waals surface area contributed by atoms with Crippen LogP contribution in [0.25, 0.3) is 0 Å². The number of nitrogens with two attached hydrogens (primary N) is 1. The highest BCUT2D eigenvalue weighted by Gasteiger charge is 2.19. The van der Waals surface area contributed by atoms with Gasteiger partial charge in [0.25, 0.3) is 0 Å². The van der Waals surface area contributed by atoms with Crippen LogP contribution in [0.15, 0.2) is 16.4 Å². The summed E-state index contributed by atoms with van der Waals surface area (Å²) in [7, 11) is 0. The summed E-state index contributed by atoms with van der Waals surface area (Å²) in [6.07, 6.45) is -0.135. The number of thiophene rings is 1. The van der Waals surface area contributed by atoms with Crippen LogP contribution in [0.3, 0.4) is 0 Å². The van der Waals surface area contributed by atoms with Crippen LogP contribution in [-0.4, -0.2) is 11.1 Å². The van der Waals surface area contributed by atoms with Gasteiger partial charge in [-0.15, -0.1) is 11.3 Å². The Hall–Kier alpha value is -1.14. The molecule has 74 valence electrons. The fourth-order valence-electron chi connectivity index (χ4n) is 1.27. The Kier molecular flexibility index (Phi) is 2.39. The molecule has 1 aliphatic rings. The van der Waals surface area contributed by atoms with Crippen LogP contribution >= 0.6 is 23.6 Å². The second kappa shape index (κ2) is 3.55. The van der Waals surface area contributed by atoms with Crippen LogP contribution < -0.4 is 16.4 Å². The molecule has 14 heavy (non-hydrogen) atoms. The Morgan fingerprint density at radius 1 is 1.64 bits per heavy atom. The Bertz CT molecular complexity index is 396. The number of hydrogen-bond donors (Lipinski definition) is 3. The van der Waals surface area contributed by atoms with Gasteiger partial charge >= 0.3 is 0 Å². The van der Waals surface area contributed by atoms with Crippen molar-refractivity contribution in [3.05, 3.63) is 21.9 Å². The van der Waals surface area contributed by atoms with Crippen molar-refractivity contribution >= 4 is 34.6 Å². The third-order valence-electron chi connectivity index (χ3n) is 1.93. The minimum Gasteiger partial charge on any atom is -0.370 e. The molecule has 1 atom stereocenters. The van der Waals surface area contributed by atoms with Gasteiger partial charge in [0.2, 0.25) is 0 Å². The molecule has 0 aliphatic carbocycles. The van der Waals surface area contributed by atoms with E-state index in [4.69, 9.17) is 18.0 Å². The summed E-state index contributed by atoms with van der Waals surface area (Å²) in [5.74, 6) is 0.367. The number of hydrogen-bond acceptors (Lipinski definition) is 4. The first-order chi connectivity index (χ1) is 6.66. The molecule has 6 heteroatoms. The van der Waals surface area contributed by atoms with Crippen molar-refractivity contribution in [2.45, 2.75) is 13.1 Å². The minimum absolute atomic E-state index is 0.135. The molecule has 4 nitrogen and oxygen atoms in total. The molecule has 2 heterocycles. The van der Waals surface area contributed by atoms with Gasteiger partial charge in [0.1, 0.15) is 0 Å². The van der Waals surface area contributed by atoms with Crippen LogP contribution in [0.1, 0.15) is 16.6 Å². The van der Waals surface area contributed by atoms with E-state index in [1.807, 2.05) is 12.3 Å². The van der Waals surface area contributed by atoms with Crippen molar-refractivity contribution in [3.8, 4) is 0 Å². The Morgan fingerprint density at radius 3 is 3.00 bits per heavy atom. The Labute approximate surface area is 91.2 Å². The van der Waals surface area contributed by atoms with Crippen molar-refractivity contribution in [1.82, 2.24) is 10.6 Å². The van der Waals surface area contributed by atoms with E-state index in [0.717, 1.165) is 4.88 Å².